The molecule has 0 aliphatic rings. The summed E-state index contributed by atoms with van der Waals surface area (Å²) in [6.45, 7) is 4.00. The highest BCUT2D eigenvalue weighted by molar-refractivity contribution is 6.16. The quantitative estimate of drug-likeness (QED) is 0.743. The first kappa shape index (κ1) is 13.5. The highest BCUT2D eigenvalue weighted by atomic mass is 35.5. The lowest BCUT2D eigenvalue weighted by Crippen LogP contribution is -1.76. The summed E-state index contributed by atoms with van der Waals surface area (Å²) in [5.74, 6) is 0.956. The molecular formula is C14H16ClNO. The van der Waals surface area contributed by atoms with Crippen molar-refractivity contribution in [3.05, 3.63) is 53.7 Å². The molecule has 1 heterocycles. The number of rotatable bonds is 3. The van der Waals surface area contributed by atoms with Crippen molar-refractivity contribution in [3.8, 4) is 0 Å². The topological polar surface area (TPSA) is 26.0 Å². The smallest absolute Gasteiger partial charge is 0.218 e. The maximum atomic E-state index is 5.61. The van der Waals surface area contributed by atoms with Crippen LogP contribution in [0.4, 0.5) is 0 Å². The SMILES string of the molecule is CC.ClCc1coc(C=Cc2ccccc2)n1. The molecule has 0 radical (unpaired) electrons. The van der Waals surface area contributed by atoms with Crippen LogP contribution < -0.4 is 0 Å². The second-order valence-corrected chi connectivity index (χ2v) is 3.32. The van der Waals surface area contributed by atoms with Crippen LogP contribution >= 0.6 is 11.6 Å². The molecule has 0 bridgehead atoms. The maximum absolute atomic E-state index is 5.61. The third-order valence-corrected chi connectivity index (χ3v) is 2.20. The summed E-state index contributed by atoms with van der Waals surface area (Å²) in [6, 6.07) is 9.98. The minimum Gasteiger partial charge on any atom is -0.445 e. The molecule has 0 aliphatic carbocycles. The molecule has 0 N–H and O–H groups in total. The van der Waals surface area contributed by atoms with E-state index in [9.17, 15) is 0 Å². The van der Waals surface area contributed by atoms with Gasteiger partial charge >= 0.3 is 0 Å². The predicted octanol–water partition coefficient (Wildman–Crippen LogP) is 4.61. The fourth-order valence-corrected chi connectivity index (χ4v) is 1.31. The van der Waals surface area contributed by atoms with Gasteiger partial charge in [-0.25, -0.2) is 4.98 Å². The van der Waals surface area contributed by atoms with Crippen molar-refractivity contribution in [1.29, 1.82) is 0 Å². The second-order valence-electron chi connectivity index (χ2n) is 3.05. The number of nitrogens with zero attached hydrogens (tertiary/aromatic N) is 1. The molecule has 0 atom stereocenters. The van der Waals surface area contributed by atoms with Gasteiger partial charge in [-0.3, -0.25) is 0 Å². The molecule has 2 aromatic rings. The predicted molar refractivity (Wildman–Crippen MR) is 72.8 cm³/mol. The number of hydrogen-bond donors (Lipinski definition) is 0. The zero-order valence-corrected chi connectivity index (χ0v) is 10.8. The average molecular weight is 250 g/mol. The summed E-state index contributed by atoms with van der Waals surface area (Å²) in [5.41, 5.74) is 1.87. The molecule has 0 fully saturated rings. The van der Waals surface area contributed by atoms with Crippen molar-refractivity contribution in [3.63, 3.8) is 0 Å². The van der Waals surface area contributed by atoms with Crippen molar-refractivity contribution in [1.82, 2.24) is 4.98 Å². The Bertz CT molecular complexity index is 448. The molecule has 17 heavy (non-hydrogen) atoms. The Balaban J connectivity index is 0.000000686. The Morgan fingerprint density at radius 2 is 1.88 bits per heavy atom. The van der Waals surface area contributed by atoms with Crippen LogP contribution in [0.3, 0.4) is 0 Å². The van der Waals surface area contributed by atoms with E-state index >= 15 is 0 Å². The van der Waals surface area contributed by atoms with Crippen LogP contribution in [0.5, 0.6) is 0 Å². The van der Waals surface area contributed by atoms with Crippen LogP contribution in [-0.2, 0) is 5.88 Å². The lowest BCUT2D eigenvalue weighted by Gasteiger charge is -1.88. The van der Waals surface area contributed by atoms with E-state index in [4.69, 9.17) is 16.0 Å². The van der Waals surface area contributed by atoms with E-state index < -0.39 is 0 Å². The second kappa shape index (κ2) is 7.69. The minimum atomic E-state index is 0.378. The average Bonchev–Trinajstić information content (AvgIpc) is 2.88. The highest BCUT2D eigenvalue weighted by Gasteiger charge is 1.97. The molecule has 0 unspecified atom stereocenters. The van der Waals surface area contributed by atoms with Crippen molar-refractivity contribution >= 4 is 23.8 Å². The van der Waals surface area contributed by atoms with Gasteiger partial charge in [0.1, 0.15) is 6.26 Å². The molecule has 2 rings (SSSR count). The van der Waals surface area contributed by atoms with Crippen LogP contribution in [0.2, 0.25) is 0 Å². The fraction of sp³-hybridized carbons (Fsp3) is 0.214. The van der Waals surface area contributed by atoms with Gasteiger partial charge in [-0.05, 0) is 11.6 Å². The largest absolute Gasteiger partial charge is 0.445 e. The highest BCUT2D eigenvalue weighted by Crippen LogP contribution is 2.09. The van der Waals surface area contributed by atoms with Crippen LogP contribution in [0.25, 0.3) is 12.2 Å². The van der Waals surface area contributed by atoms with Gasteiger partial charge in [0.2, 0.25) is 5.89 Å². The molecular weight excluding hydrogens is 234 g/mol. The standard InChI is InChI=1S/C12H10ClNO.C2H6/c13-8-11-9-15-12(14-11)7-6-10-4-2-1-3-5-10;1-2/h1-7,9H,8H2;1-2H3. The monoisotopic (exact) mass is 249 g/mol. The van der Waals surface area contributed by atoms with Crippen molar-refractivity contribution in [2.45, 2.75) is 19.7 Å². The Labute approximate surface area is 107 Å². The van der Waals surface area contributed by atoms with Gasteiger partial charge in [-0.1, -0.05) is 44.2 Å². The summed E-state index contributed by atoms with van der Waals surface area (Å²) in [7, 11) is 0. The first-order valence-corrected chi connectivity index (χ1v) is 6.15. The lowest BCUT2D eigenvalue weighted by molar-refractivity contribution is 0.546. The molecule has 0 saturated heterocycles. The van der Waals surface area contributed by atoms with Gasteiger partial charge in [0.15, 0.2) is 0 Å². The third kappa shape index (κ3) is 4.45. The van der Waals surface area contributed by atoms with E-state index in [2.05, 4.69) is 4.98 Å². The number of benzene rings is 1. The fourth-order valence-electron chi connectivity index (χ4n) is 1.19. The van der Waals surface area contributed by atoms with Gasteiger partial charge in [0.25, 0.3) is 0 Å². The molecule has 0 aliphatic heterocycles. The van der Waals surface area contributed by atoms with Crippen molar-refractivity contribution in [2.24, 2.45) is 0 Å². The van der Waals surface area contributed by atoms with E-state index in [1.165, 1.54) is 0 Å². The molecule has 90 valence electrons. The lowest BCUT2D eigenvalue weighted by atomic mass is 10.2. The van der Waals surface area contributed by atoms with Crippen LogP contribution in [-0.4, -0.2) is 4.98 Å². The zero-order valence-electron chi connectivity index (χ0n) is 10.1. The van der Waals surface area contributed by atoms with Crippen molar-refractivity contribution in [2.75, 3.05) is 0 Å². The summed E-state index contributed by atoms with van der Waals surface area (Å²) in [5, 5.41) is 0. The molecule has 0 saturated carbocycles. The van der Waals surface area contributed by atoms with Gasteiger partial charge in [0, 0.05) is 6.08 Å². The Morgan fingerprint density at radius 3 is 2.47 bits per heavy atom. The molecule has 2 nitrogen and oxygen atoms in total. The van der Waals surface area contributed by atoms with E-state index in [0.29, 0.717) is 11.8 Å². The Hall–Kier alpha value is -1.54. The molecule has 1 aromatic heterocycles. The van der Waals surface area contributed by atoms with E-state index in [0.717, 1.165) is 11.3 Å². The molecule has 0 amide bonds. The van der Waals surface area contributed by atoms with Crippen LogP contribution in [0, 0.1) is 0 Å². The summed E-state index contributed by atoms with van der Waals surface area (Å²) in [4.78, 5) is 4.16. The van der Waals surface area contributed by atoms with E-state index in [-0.39, 0.29) is 0 Å². The Morgan fingerprint density at radius 1 is 1.18 bits per heavy atom. The molecule has 1 aromatic carbocycles. The first-order chi connectivity index (χ1) is 8.38. The summed E-state index contributed by atoms with van der Waals surface area (Å²) >= 11 is 5.61. The summed E-state index contributed by atoms with van der Waals surface area (Å²) in [6.07, 6.45) is 5.34. The zero-order chi connectivity index (χ0) is 12.5. The number of oxazole rings is 1. The minimum absolute atomic E-state index is 0.378. The number of alkyl halides is 1. The van der Waals surface area contributed by atoms with Crippen molar-refractivity contribution < 1.29 is 4.42 Å². The van der Waals surface area contributed by atoms with Gasteiger partial charge in [-0.15, -0.1) is 11.6 Å². The third-order valence-electron chi connectivity index (χ3n) is 1.92. The number of hydrogen-bond acceptors (Lipinski definition) is 2. The van der Waals surface area contributed by atoms with Gasteiger partial charge < -0.3 is 4.42 Å². The molecule has 0 spiro atoms. The van der Waals surface area contributed by atoms with E-state index in [1.807, 2.05) is 56.3 Å². The number of halogens is 1. The van der Waals surface area contributed by atoms with E-state index in [1.54, 1.807) is 6.26 Å². The Kier molecular flexibility index (Phi) is 6.12. The normalized spacial score (nSPS) is 10.1. The van der Waals surface area contributed by atoms with Crippen LogP contribution in [0.1, 0.15) is 31.0 Å². The molecule has 3 heteroatoms. The summed E-state index contributed by atoms with van der Waals surface area (Å²) < 4.78 is 5.19. The number of aromatic nitrogens is 1. The maximum Gasteiger partial charge on any atom is 0.218 e. The first-order valence-electron chi connectivity index (χ1n) is 5.62. The van der Waals surface area contributed by atoms with Crippen LogP contribution in [0.15, 0.2) is 41.0 Å². The van der Waals surface area contributed by atoms with Gasteiger partial charge in [-0.2, -0.15) is 0 Å². The van der Waals surface area contributed by atoms with Gasteiger partial charge in [0.05, 0.1) is 11.6 Å².